The average Bonchev–Trinajstić information content (AvgIpc) is 3.23. The van der Waals surface area contributed by atoms with Crippen molar-refractivity contribution in [2.24, 2.45) is 0 Å². The Bertz CT molecular complexity index is 1020. The van der Waals surface area contributed by atoms with Gasteiger partial charge in [0.05, 0.1) is 17.8 Å². The quantitative estimate of drug-likeness (QED) is 0.632. The van der Waals surface area contributed by atoms with Gasteiger partial charge in [-0.15, -0.1) is 0 Å². The van der Waals surface area contributed by atoms with Crippen molar-refractivity contribution in [1.29, 1.82) is 0 Å². The number of aromatic nitrogens is 2. The maximum atomic E-state index is 13.4. The van der Waals surface area contributed by atoms with Crippen molar-refractivity contribution in [1.82, 2.24) is 19.8 Å². The lowest BCUT2D eigenvalue weighted by Crippen LogP contribution is -2.53. The summed E-state index contributed by atoms with van der Waals surface area (Å²) in [6, 6.07) is 4.78. The zero-order chi connectivity index (χ0) is 25.8. The largest absolute Gasteiger partial charge is 0.416 e. The highest BCUT2D eigenvalue weighted by atomic mass is 19.4. The number of likely N-dealkylation sites (tertiary alicyclic amines) is 1. The predicted octanol–water partition coefficient (Wildman–Crippen LogP) is 3.98. The molecule has 0 radical (unpaired) electrons. The predicted molar refractivity (Wildman–Crippen MR) is 125 cm³/mol. The van der Waals surface area contributed by atoms with Gasteiger partial charge in [0, 0.05) is 44.9 Å². The van der Waals surface area contributed by atoms with E-state index >= 15 is 0 Å². The van der Waals surface area contributed by atoms with Crippen molar-refractivity contribution in [2.75, 3.05) is 19.7 Å². The molecule has 1 saturated heterocycles. The van der Waals surface area contributed by atoms with Gasteiger partial charge in [0.25, 0.3) is 0 Å². The van der Waals surface area contributed by atoms with Gasteiger partial charge in [-0.05, 0) is 45.2 Å². The zero-order valence-corrected chi connectivity index (χ0v) is 20.6. The molecule has 1 atom stereocenters. The molecular weight excluding hydrogens is 461 g/mol. The monoisotopic (exact) mass is 494 g/mol. The van der Waals surface area contributed by atoms with E-state index < -0.39 is 23.4 Å². The number of amides is 2. The fourth-order valence-corrected chi connectivity index (χ4v) is 4.26. The third-order valence-electron chi connectivity index (χ3n) is 5.94. The molecule has 0 aliphatic carbocycles. The van der Waals surface area contributed by atoms with E-state index in [4.69, 9.17) is 4.74 Å². The highest BCUT2D eigenvalue weighted by molar-refractivity contribution is 5.87. The molecule has 1 unspecified atom stereocenters. The van der Waals surface area contributed by atoms with Crippen LogP contribution < -0.4 is 5.32 Å². The molecular formula is C25H33F3N4O3. The molecule has 192 valence electrons. The third-order valence-corrected chi connectivity index (χ3v) is 5.94. The third kappa shape index (κ3) is 7.30. The van der Waals surface area contributed by atoms with Crippen LogP contribution in [0.15, 0.2) is 36.7 Å². The number of piperidine rings is 1. The van der Waals surface area contributed by atoms with Gasteiger partial charge in [-0.25, -0.2) is 4.98 Å². The summed E-state index contributed by atoms with van der Waals surface area (Å²) in [6.07, 6.45) is 0.105. The summed E-state index contributed by atoms with van der Waals surface area (Å²) in [6.45, 7) is 8.06. The van der Waals surface area contributed by atoms with Gasteiger partial charge in [0.15, 0.2) is 0 Å². The Labute approximate surface area is 203 Å². The average molecular weight is 495 g/mol. The molecule has 2 aromatic rings. The van der Waals surface area contributed by atoms with Crippen LogP contribution in [0.3, 0.4) is 0 Å². The lowest BCUT2D eigenvalue weighted by molar-refractivity contribution is -0.140. The summed E-state index contributed by atoms with van der Waals surface area (Å²) in [7, 11) is 0. The second kappa shape index (κ2) is 10.8. The number of nitrogens with one attached hydrogen (secondary N) is 1. The van der Waals surface area contributed by atoms with E-state index in [-0.39, 0.29) is 36.4 Å². The molecule has 1 N–H and O–H groups in total. The first-order valence-corrected chi connectivity index (χ1v) is 11.7. The van der Waals surface area contributed by atoms with E-state index in [0.29, 0.717) is 31.8 Å². The number of nitrogens with zero attached hydrogens (tertiary/aromatic N) is 3. The lowest BCUT2D eigenvalue weighted by atomic mass is 9.95. The molecule has 0 saturated carbocycles. The smallest absolute Gasteiger partial charge is 0.373 e. The van der Waals surface area contributed by atoms with E-state index in [2.05, 4.69) is 10.3 Å². The molecule has 0 spiro atoms. The molecule has 10 heteroatoms. The molecule has 2 amide bonds. The number of imidazole rings is 1. The Morgan fingerprint density at radius 2 is 1.83 bits per heavy atom. The van der Waals surface area contributed by atoms with Gasteiger partial charge in [-0.2, -0.15) is 13.2 Å². The summed E-state index contributed by atoms with van der Waals surface area (Å²) < 4.78 is 47.7. The molecule has 1 aliphatic heterocycles. The summed E-state index contributed by atoms with van der Waals surface area (Å²) in [5, 5.41) is 2.68. The molecule has 1 aliphatic rings. The summed E-state index contributed by atoms with van der Waals surface area (Å²) in [5.74, 6) is 0.211. The van der Waals surface area contributed by atoms with Crippen LogP contribution in [0.25, 0.3) is 0 Å². The van der Waals surface area contributed by atoms with Crippen molar-refractivity contribution in [3.8, 4) is 0 Å². The first-order valence-electron chi connectivity index (χ1n) is 11.7. The number of hydrogen-bond donors (Lipinski definition) is 1. The molecule has 1 fully saturated rings. The van der Waals surface area contributed by atoms with Crippen LogP contribution in [0.4, 0.5) is 13.2 Å². The van der Waals surface area contributed by atoms with Gasteiger partial charge in [0.2, 0.25) is 11.8 Å². The van der Waals surface area contributed by atoms with E-state index in [1.54, 1.807) is 27.9 Å². The number of hydrogen-bond acceptors (Lipinski definition) is 4. The first-order chi connectivity index (χ1) is 16.3. The number of carbonyl (C=O) groups excluding carboxylic acids is 2. The fourth-order valence-electron chi connectivity index (χ4n) is 4.26. The van der Waals surface area contributed by atoms with Crippen molar-refractivity contribution < 1.29 is 27.5 Å². The van der Waals surface area contributed by atoms with E-state index in [0.717, 1.165) is 6.07 Å². The summed E-state index contributed by atoms with van der Waals surface area (Å²) in [5.41, 5.74) is -0.920. The number of carbonyl (C=O) groups is 2. The number of alkyl halides is 3. The van der Waals surface area contributed by atoms with Crippen LogP contribution in [0.5, 0.6) is 0 Å². The molecule has 3 rings (SSSR count). The van der Waals surface area contributed by atoms with Crippen LogP contribution in [-0.4, -0.2) is 57.6 Å². The molecule has 0 bridgehead atoms. The standard InChI is InChI=1S/C25H33F3N4O3/c1-17(33)30-21(16-35-24(2,3)4)23(34)31-12-9-18(10-13-31)22-29-11-14-32(22)15-19-7-5-6-8-20(19)25(26,27)28/h5-8,11,14,18,21H,9-10,12-13,15-16H2,1-4H3,(H,30,33). The maximum Gasteiger partial charge on any atom is 0.416 e. The second-order valence-electron chi connectivity index (χ2n) is 9.84. The number of ether oxygens (including phenoxy) is 1. The van der Waals surface area contributed by atoms with E-state index in [9.17, 15) is 22.8 Å². The number of halogens is 3. The Morgan fingerprint density at radius 3 is 2.43 bits per heavy atom. The van der Waals surface area contributed by atoms with Crippen molar-refractivity contribution >= 4 is 11.8 Å². The molecule has 7 nitrogen and oxygen atoms in total. The van der Waals surface area contributed by atoms with Crippen molar-refractivity contribution in [3.05, 3.63) is 53.6 Å². The number of benzene rings is 1. The topological polar surface area (TPSA) is 76.5 Å². The number of rotatable bonds is 7. The first kappa shape index (κ1) is 26.7. The van der Waals surface area contributed by atoms with Gasteiger partial charge < -0.3 is 19.5 Å². The minimum Gasteiger partial charge on any atom is -0.373 e. The second-order valence-corrected chi connectivity index (χ2v) is 9.84. The molecule has 35 heavy (non-hydrogen) atoms. The van der Waals surface area contributed by atoms with Crippen LogP contribution >= 0.6 is 0 Å². The zero-order valence-electron chi connectivity index (χ0n) is 20.6. The van der Waals surface area contributed by atoms with Crippen molar-refractivity contribution in [3.63, 3.8) is 0 Å². The SMILES string of the molecule is CC(=O)NC(COC(C)(C)C)C(=O)N1CCC(c2nccn2Cc2ccccc2C(F)(F)F)CC1. The fraction of sp³-hybridized carbons (Fsp3) is 0.560. The van der Waals surface area contributed by atoms with Gasteiger partial charge in [-0.1, -0.05) is 18.2 Å². The van der Waals surface area contributed by atoms with E-state index in [1.165, 1.54) is 19.1 Å². The Hall–Kier alpha value is -2.88. The van der Waals surface area contributed by atoms with Crippen molar-refractivity contribution in [2.45, 2.75) is 70.8 Å². The summed E-state index contributed by atoms with van der Waals surface area (Å²) in [4.78, 5) is 30.8. The van der Waals surface area contributed by atoms with Crippen LogP contribution in [0.1, 0.15) is 63.4 Å². The maximum absolute atomic E-state index is 13.4. The van der Waals surface area contributed by atoms with Crippen LogP contribution in [0, 0.1) is 0 Å². The molecule has 1 aromatic carbocycles. The van der Waals surface area contributed by atoms with Crippen LogP contribution in [0.2, 0.25) is 0 Å². The Balaban J connectivity index is 1.66. The Kier molecular flexibility index (Phi) is 8.25. The summed E-state index contributed by atoms with van der Waals surface area (Å²) >= 11 is 0. The van der Waals surface area contributed by atoms with Gasteiger partial charge in [0.1, 0.15) is 11.9 Å². The minimum atomic E-state index is -4.43. The normalized spacial score (nSPS) is 16.3. The van der Waals surface area contributed by atoms with Crippen LogP contribution in [-0.2, 0) is 27.0 Å². The van der Waals surface area contributed by atoms with E-state index in [1.807, 2.05) is 20.8 Å². The van der Waals surface area contributed by atoms with Gasteiger partial charge >= 0.3 is 6.18 Å². The Morgan fingerprint density at radius 1 is 1.17 bits per heavy atom. The molecule has 1 aromatic heterocycles. The minimum absolute atomic E-state index is 0.0112. The highest BCUT2D eigenvalue weighted by Crippen LogP contribution is 2.33. The highest BCUT2D eigenvalue weighted by Gasteiger charge is 2.34. The molecule has 2 heterocycles. The lowest BCUT2D eigenvalue weighted by Gasteiger charge is -2.35. The van der Waals surface area contributed by atoms with Gasteiger partial charge in [-0.3, -0.25) is 9.59 Å².